The highest BCUT2D eigenvalue weighted by atomic mass is 79.9. The van der Waals surface area contributed by atoms with E-state index in [1.807, 2.05) is 44.2 Å². The first-order valence-electron chi connectivity index (χ1n) is 14.9. The quantitative estimate of drug-likeness (QED) is 0.134. The number of rotatable bonds is 14. The number of anilines is 1. The fourth-order valence-corrected chi connectivity index (χ4v) is 7.01. The molecule has 0 aromatic heterocycles. The third-order valence-electron chi connectivity index (χ3n) is 7.42. The summed E-state index contributed by atoms with van der Waals surface area (Å²) in [5.41, 5.74) is 2.68. The molecule has 46 heavy (non-hydrogen) atoms. The summed E-state index contributed by atoms with van der Waals surface area (Å²) in [4.78, 5) is 29.9. The predicted molar refractivity (Wildman–Crippen MR) is 189 cm³/mol. The van der Waals surface area contributed by atoms with Crippen molar-refractivity contribution in [3.05, 3.63) is 128 Å². The molecule has 242 valence electrons. The number of aryl methyl sites for hydroxylation is 1. The second kappa shape index (κ2) is 16.5. The number of hydrogen-bond acceptors (Lipinski definition) is 4. The lowest BCUT2D eigenvalue weighted by atomic mass is 10.0. The molecule has 0 fully saturated rings. The van der Waals surface area contributed by atoms with Crippen molar-refractivity contribution in [3.8, 4) is 0 Å². The maximum absolute atomic E-state index is 14.5. The summed E-state index contributed by atoms with van der Waals surface area (Å²) in [6.45, 7) is 3.78. The number of sulfonamides is 1. The Labute approximate surface area is 289 Å². The molecule has 0 saturated carbocycles. The molecule has 0 aliphatic rings. The van der Waals surface area contributed by atoms with E-state index in [9.17, 15) is 18.0 Å². The molecule has 1 atom stereocenters. The fraction of sp³-hybridized carbons (Fsp3) is 0.257. The summed E-state index contributed by atoms with van der Waals surface area (Å²) in [6, 6.07) is 26.7. The first-order valence-corrected chi connectivity index (χ1v) is 17.9. The molecule has 4 aromatic carbocycles. The Morgan fingerprint density at radius 1 is 0.870 bits per heavy atom. The maximum atomic E-state index is 14.5. The van der Waals surface area contributed by atoms with Crippen molar-refractivity contribution in [3.63, 3.8) is 0 Å². The Hall–Kier alpha value is -3.37. The number of nitrogens with one attached hydrogen (secondary N) is 1. The van der Waals surface area contributed by atoms with Gasteiger partial charge in [-0.15, -0.1) is 0 Å². The van der Waals surface area contributed by atoms with E-state index in [0.29, 0.717) is 32.3 Å². The average molecular weight is 746 g/mol. The van der Waals surface area contributed by atoms with E-state index in [2.05, 4.69) is 21.2 Å². The molecule has 2 amide bonds. The van der Waals surface area contributed by atoms with Crippen LogP contribution in [0.5, 0.6) is 0 Å². The average Bonchev–Trinajstić information content (AvgIpc) is 3.03. The highest BCUT2D eigenvalue weighted by molar-refractivity contribution is 9.10. The molecule has 0 aliphatic carbocycles. The van der Waals surface area contributed by atoms with Gasteiger partial charge in [0.15, 0.2) is 0 Å². The monoisotopic (exact) mass is 743 g/mol. The van der Waals surface area contributed by atoms with Gasteiger partial charge in [-0.05, 0) is 66.9 Å². The van der Waals surface area contributed by atoms with Crippen LogP contribution in [-0.2, 0) is 32.6 Å². The van der Waals surface area contributed by atoms with Crippen LogP contribution >= 0.6 is 39.1 Å². The summed E-state index contributed by atoms with van der Waals surface area (Å²) in [5, 5.41) is 3.64. The standard InChI is InChI=1S/C35H36BrCl2N3O4S/c1-3-4-19-39-35(43)33(21-26-9-6-5-7-10-26)40(23-27-15-18-31(37)32(38)20-27)34(42)24-41(29-12-8-11-28(36)22-29)46(44,45)30-16-13-25(2)14-17-30/h5-18,20,22,33H,3-4,19,21,23-24H2,1-2H3,(H,39,43)/t33-/m1/s1. The first kappa shape index (κ1) is 35.5. The van der Waals surface area contributed by atoms with Gasteiger partial charge in [0.1, 0.15) is 12.6 Å². The minimum absolute atomic E-state index is 0.00861. The Kier molecular flexibility index (Phi) is 12.7. The van der Waals surface area contributed by atoms with E-state index in [-0.39, 0.29) is 23.8 Å². The van der Waals surface area contributed by atoms with E-state index >= 15 is 0 Å². The Morgan fingerprint density at radius 3 is 2.24 bits per heavy atom. The number of hydrogen-bond donors (Lipinski definition) is 1. The molecule has 0 radical (unpaired) electrons. The topological polar surface area (TPSA) is 86.8 Å². The van der Waals surface area contributed by atoms with Crippen LogP contribution in [0.4, 0.5) is 5.69 Å². The van der Waals surface area contributed by atoms with Gasteiger partial charge in [0.2, 0.25) is 11.8 Å². The van der Waals surface area contributed by atoms with Crippen molar-refractivity contribution in [2.45, 2.75) is 50.6 Å². The lowest BCUT2D eigenvalue weighted by Crippen LogP contribution is -2.53. The van der Waals surface area contributed by atoms with Crippen LogP contribution in [0.1, 0.15) is 36.5 Å². The number of unbranched alkanes of at least 4 members (excludes halogenated alkanes) is 1. The second-order valence-corrected chi connectivity index (χ2v) is 14.5. The molecule has 0 bridgehead atoms. The third kappa shape index (κ3) is 9.35. The van der Waals surface area contributed by atoms with Crippen LogP contribution in [0.15, 0.2) is 106 Å². The maximum Gasteiger partial charge on any atom is 0.264 e. The molecule has 7 nitrogen and oxygen atoms in total. The summed E-state index contributed by atoms with van der Waals surface area (Å²) in [5.74, 6) is -0.894. The van der Waals surface area contributed by atoms with Gasteiger partial charge >= 0.3 is 0 Å². The van der Waals surface area contributed by atoms with Gasteiger partial charge in [-0.1, -0.05) is 113 Å². The number of nitrogens with zero attached hydrogens (tertiary/aromatic N) is 2. The van der Waals surface area contributed by atoms with Crippen LogP contribution in [0.3, 0.4) is 0 Å². The summed E-state index contributed by atoms with van der Waals surface area (Å²) in [6.07, 6.45) is 1.87. The zero-order chi connectivity index (χ0) is 33.3. The number of benzene rings is 4. The number of carbonyl (C=O) groups excluding carboxylic acids is 2. The number of halogens is 3. The molecule has 4 rings (SSSR count). The van der Waals surface area contributed by atoms with Gasteiger partial charge in [0.25, 0.3) is 10.0 Å². The zero-order valence-electron chi connectivity index (χ0n) is 25.6. The predicted octanol–water partition coefficient (Wildman–Crippen LogP) is 7.82. The number of amides is 2. The molecule has 0 aliphatic heterocycles. The molecule has 0 spiro atoms. The lowest BCUT2D eigenvalue weighted by Gasteiger charge is -2.34. The van der Waals surface area contributed by atoms with Gasteiger partial charge in [-0.2, -0.15) is 0 Å². The van der Waals surface area contributed by atoms with Crippen molar-refractivity contribution in [1.29, 1.82) is 0 Å². The van der Waals surface area contributed by atoms with Crippen LogP contribution in [0, 0.1) is 6.92 Å². The van der Waals surface area contributed by atoms with Gasteiger partial charge in [0.05, 0.1) is 20.6 Å². The van der Waals surface area contributed by atoms with Gasteiger partial charge in [0, 0.05) is 24.0 Å². The zero-order valence-corrected chi connectivity index (χ0v) is 29.5. The normalized spacial score (nSPS) is 11.9. The first-order chi connectivity index (χ1) is 22.0. The molecule has 11 heteroatoms. The molecule has 1 N–H and O–H groups in total. The molecule has 0 unspecified atom stereocenters. The second-order valence-electron chi connectivity index (χ2n) is 10.9. The fourth-order valence-electron chi connectivity index (χ4n) is 4.89. The number of carbonyl (C=O) groups is 2. The summed E-state index contributed by atoms with van der Waals surface area (Å²) in [7, 11) is -4.20. The van der Waals surface area contributed by atoms with E-state index in [0.717, 1.165) is 28.3 Å². The largest absolute Gasteiger partial charge is 0.354 e. The third-order valence-corrected chi connectivity index (χ3v) is 10.4. The van der Waals surface area contributed by atoms with E-state index in [1.54, 1.807) is 54.6 Å². The van der Waals surface area contributed by atoms with E-state index < -0.39 is 28.5 Å². The van der Waals surface area contributed by atoms with Crippen LogP contribution in [0.25, 0.3) is 0 Å². The molecule has 0 saturated heterocycles. The smallest absolute Gasteiger partial charge is 0.264 e. The minimum Gasteiger partial charge on any atom is -0.354 e. The lowest BCUT2D eigenvalue weighted by molar-refractivity contribution is -0.140. The molecular formula is C35H36BrCl2N3O4S. The summed E-state index contributed by atoms with van der Waals surface area (Å²) < 4.78 is 30.0. The minimum atomic E-state index is -4.20. The highest BCUT2D eigenvalue weighted by Gasteiger charge is 2.34. The van der Waals surface area contributed by atoms with Gasteiger partial charge < -0.3 is 10.2 Å². The molecular weight excluding hydrogens is 709 g/mol. The summed E-state index contributed by atoms with van der Waals surface area (Å²) >= 11 is 16.0. The SMILES string of the molecule is CCCCNC(=O)[C@@H](Cc1ccccc1)N(Cc1ccc(Cl)c(Cl)c1)C(=O)CN(c1cccc(Br)c1)S(=O)(=O)c1ccc(C)cc1. The van der Waals surface area contributed by atoms with Crippen molar-refractivity contribution < 1.29 is 18.0 Å². The molecule has 0 heterocycles. The van der Waals surface area contributed by atoms with Crippen molar-refractivity contribution in [1.82, 2.24) is 10.2 Å². The van der Waals surface area contributed by atoms with Gasteiger partial charge in [-0.25, -0.2) is 8.42 Å². The van der Waals surface area contributed by atoms with Gasteiger partial charge in [-0.3, -0.25) is 13.9 Å². The molecule has 4 aromatic rings. The van der Waals surface area contributed by atoms with Crippen molar-refractivity contribution in [2.75, 3.05) is 17.4 Å². The Bertz CT molecular complexity index is 1760. The van der Waals surface area contributed by atoms with E-state index in [4.69, 9.17) is 23.2 Å². The Balaban J connectivity index is 1.80. The van der Waals surface area contributed by atoms with Crippen molar-refractivity contribution >= 4 is 66.7 Å². The highest BCUT2D eigenvalue weighted by Crippen LogP contribution is 2.28. The van der Waals surface area contributed by atoms with Crippen LogP contribution in [0.2, 0.25) is 10.0 Å². The van der Waals surface area contributed by atoms with E-state index in [1.165, 1.54) is 17.0 Å². The Morgan fingerprint density at radius 2 is 1.59 bits per heavy atom. The van der Waals surface area contributed by atoms with Crippen molar-refractivity contribution in [2.24, 2.45) is 0 Å². The van der Waals surface area contributed by atoms with Crippen LogP contribution in [-0.4, -0.2) is 44.3 Å². The van der Waals surface area contributed by atoms with Crippen LogP contribution < -0.4 is 9.62 Å².